The lowest BCUT2D eigenvalue weighted by Gasteiger charge is -2.41. The number of anilines is 1. The highest BCUT2D eigenvalue weighted by molar-refractivity contribution is 5.95. The molecule has 8 nitrogen and oxygen atoms in total. The predicted octanol–water partition coefficient (Wildman–Crippen LogP) is 6.54. The van der Waals surface area contributed by atoms with E-state index in [-0.39, 0.29) is 11.3 Å². The van der Waals surface area contributed by atoms with Crippen LogP contribution < -0.4 is 10.2 Å². The van der Waals surface area contributed by atoms with Gasteiger partial charge in [-0.05, 0) is 70.7 Å². The summed E-state index contributed by atoms with van der Waals surface area (Å²) in [6.45, 7) is 13.5. The Hall–Kier alpha value is -4.04. The minimum Gasteiger partial charge on any atom is -0.479 e. The first-order valence-corrected chi connectivity index (χ1v) is 14.8. The Morgan fingerprint density at radius 3 is 2.26 bits per heavy atom. The molecule has 1 saturated heterocycles. The van der Waals surface area contributed by atoms with Crippen molar-refractivity contribution in [1.82, 2.24) is 10.3 Å². The van der Waals surface area contributed by atoms with Crippen LogP contribution in [-0.2, 0) is 16.1 Å². The summed E-state index contributed by atoms with van der Waals surface area (Å²) in [6, 6.07) is 17.2. The maximum atomic E-state index is 12.9. The number of hydrogen-bond acceptors (Lipinski definition) is 6. The quantitative estimate of drug-likeness (QED) is 0.277. The normalized spacial score (nSPS) is 15.8. The molecule has 1 atom stereocenters. The Labute approximate surface area is 255 Å². The second-order valence-corrected chi connectivity index (χ2v) is 12.6. The summed E-state index contributed by atoms with van der Waals surface area (Å²) in [5.74, 6) is -1.21. The van der Waals surface area contributed by atoms with Crippen LogP contribution >= 0.6 is 0 Å². The number of amides is 1. The number of benzene rings is 2. The van der Waals surface area contributed by atoms with Crippen LogP contribution in [0.25, 0.3) is 11.1 Å². The zero-order valence-electron chi connectivity index (χ0n) is 26.4. The highest BCUT2D eigenvalue weighted by Gasteiger charge is 2.37. The molecule has 228 valence electrons. The molecule has 0 unspecified atom stereocenters. The summed E-state index contributed by atoms with van der Waals surface area (Å²) in [7, 11) is 1.80. The van der Waals surface area contributed by atoms with Crippen molar-refractivity contribution in [2.24, 2.45) is 10.4 Å². The van der Waals surface area contributed by atoms with Crippen molar-refractivity contribution in [3.8, 4) is 11.1 Å². The molecule has 43 heavy (non-hydrogen) atoms. The molecule has 0 radical (unpaired) electrons. The molecule has 8 heteroatoms. The Kier molecular flexibility index (Phi) is 9.70. The van der Waals surface area contributed by atoms with E-state index in [1.165, 1.54) is 0 Å². The molecule has 0 aliphatic carbocycles. The molecule has 4 rings (SSSR count). The fourth-order valence-electron chi connectivity index (χ4n) is 5.77. The van der Waals surface area contributed by atoms with Gasteiger partial charge < -0.3 is 25.1 Å². The summed E-state index contributed by atoms with van der Waals surface area (Å²) in [5.41, 5.74) is 5.41. The van der Waals surface area contributed by atoms with Crippen LogP contribution in [-0.4, -0.2) is 53.9 Å². The summed E-state index contributed by atoms with van der Waals surface area (Å²) in [6.07, 6.45) is 2.58. The lowest BCUT2D eigenvalue weighted by atomic mass is 9.80. The second-order valence-electron chi connectivity index (χ2n) is 12.6. The predicted molar refractivity (Wildman–Crippen MR) is 172 cm³/mol. The van der Waals surface area contributed by atoms with Crippen molar-refractivity contribution >= 4 is 23.8 Å². The molecular weight excluding hydrogens is 540 g/mol. The standard InChI is InChI=1S/C35H44N4O4/c1-23-28(26-13-15-27(16-14-26)32(40)37-21-25-11-9-8-10-12-25)30(39-19-17-35(6,18-20-39)22-36-7)29(24(2)38-23)31(33(41)42)43-34(3,4)5/h8-16,22,31H,17-21H2,1-7H3,(H,37,40)(H,41,42)/b36-22+/t31-/m0/s1. The van der Waals surface area contributed by atoms with E-state index < -0.39 is 17.7 Å². The number of piperidine rings is 1. The van der Waals surface area contributed by atoms with E-state index in [0.29, 0.717) is 23.4 Å². The third-order valence-electron chi connectivity index (χ3n) is 7.93. The number of pyridine rings is 1. The Morgan fingerprint density at radius 2 is 1.70 bits per heavy atom. The minimum atomic E-state index is -1.20. The summed E-state index contributed by atoms with van der Waals surface area (Å²) < 4.78 is 6.18. The first-order chi connectivity index (χ1) is 20.3. The number of nitrogens with one attached hydrogen (secondary N) is 1. The van der Waals surface area contributed by atoms with E-state index in [2.05, 4.69) is 22.1 Å². The number of carboxylic acid groups (broad SMARTS) is 1. The van der Waals surface area contributed by atoms with Gasteiger partial charge in [0.2, 0.25) is 0 Å². The monoisotopic (exact) mass is 584 g/mol. The number of rotatable bonds is 9. The largest absolute Gasteiger partial charge is 0.479 e. The zero-order chi connectivity index (χ0) is 31.4. The van der Waals surface area contributed by atoms with E-state index in [0.717, 1.165) is 54.0 Å². The first kappa shape index (κ1) is 31.9. The Balaban J connectivity index is 1.78. The van der Waals surface area contributed by atoms with E-state index in [1.54, 1.807) is 7.05 Å². The van der Waals surface area contributed by atoms with Crippen LogP contribution in [0.5, 0.6) is 0 Å². The number of ether oxygens (including phenoxy) is 1. The maximum Gasteiger partial charge on any atom is 0.337 e. The van der Waals surface area contributed by atoms with Gasteiger partial charge in [-0.15, -0.1) is 0 Å². The Bertz CT molecular complexity index is 1470. The highest BCUT2D eigenvalue weighted by atomic mass is 16.5. The molecule has 1 fully saturated rings. The third-order valence-corrected chi connectivity index (χ3v) is 7.93. The van der Waals surface area contributed by atoms with Crippen LogP contribution in [0.4, 0.5) is 5.69 Å². The molecule has 1 amide bonds. The summed E-state index contributed by atoms with van der Waals surface area (Å²) >= 11 is 0. The second kappa shape index (κ2) is 13.1. The van der Waals surface area contributed by atoms with Crippen molar-refractivity contribution < 1.29 is 19.4 Å². The molecule has 0 spiro atoms. The van der Waals surface area contributed by atoms with Crippen molar-refractivity contribution in [3.05, 3.63) is 82.7 Å². The number of aryl methyl sites for hydroxylation is 2. The van der Waals surface area contributed by atoms with Gasteiger partial charge >= 0.3 is 5.97 Å². The van der Waals surface area contributed by atoms with Gasteiger partial charge in [0.15, 0.2) is 6.10 Å². The zero-order valence-corrected chi connectivity index (χ0v) is 26.4. The van der Waals surface area contributed by atoms with Gasteiger partial charge in [-0.25, -0.2) is 4.79 Å². The molecule has 1 aliphatic heterocycles. The van der Waals surface area contributed by atoms with Gasteiger partial charge in [-0.2, -0.15) is 0 Å². The average Bonchev–Trinajstić information content (AvgIpc) is 2.95. The van der Waals surface area contributed by atoms with Crippen molar-refractivity contribution in [3.63, 3.8) is 0 Å². The Morgan fingerprint density at radius 1 is 1.07 bits per heavy atom. The first-order valence-electron chi connectivity index (χ1n) is 14.8. The van der Waals surface area contributed by atoms with Crippen molar-refractivity contribution in [1.29, 1.82) is 0 Å². The van der Waals surface area contributed by atoms with Crippen LogP contribution in [0.1, 0.15) is 79.5 Å². The number of carbonyl (C=O) groups excluding carboxylic acids is 1. The topological polar surface area (TPSA) is 104 Å². The average molecular weight is 585 g/mol. The van der Waals surface area contributed by atoms with Crippen molar-refractivity contribution in [2.45, 2.75) is 72.6 Å². The number of hydrogen-bond donors (Lipinski definition) is 2. The molecular formula is C35H44N4O4. The van der Waals surface area contributed by atoms with E-state index in [4.69, 9.17) is 9.72 Å². The highest BCUT2D eigenvalue weighted by Crippen LogP contribution is 2.44. The SMILES string of the molecule is C/N=C/C1(C)CCN(c2c(-c3ccc(C(=O)NCc4ccccc4)cc3)c(C)nc(C)c2[C@H](OC(C)(C)C)C(=O)O)CC1. The molecule has 2 N–H and O–H groups in total. The van der Waals surface area contributed by atoms with Gasteiger partial charge in [0.25, 0.3) is 5.91 Å². The van der Waals surface area contributed by atoms with Gasteiger partial charge in [-0.1, -0.05) is 49.4 Å². The van der Waals surface area contributed by atoms with Gasteiger partial charge in [0, 0.05) is 66.4 Å². The summed E-state index contributed by atoms with van der Waals surface area (Å²) in [5, 5.41) is 13.4. The fourth-order valence-corrected chi connectivity index (χ4v) is 5.77. The van der Waals surface area contributed by atoms with Crippen LogP contribution in [0, 0.1) is 19.3 Å². The van der Waals surface area contributed by atoms with Gasteiger partial charge in [0.1, 0.15) is 0 Å². The third kappa shape index (κ3) is 7.68. The summed E-state index contributed by atoms with van der Waals surface area (Å²) in [4.78, 5) is 37.1. The lowest BCUT2D eigenvalue weighted by molar-refractivity contribution is -0.160. The van der Waals surface area contributed by atoms with E-state index in [1.807, 2.05) is 95.4 Å². The molecule has 0 bridgehead atoms. The smallest absolute Gasteiger partial charge is 0.337 e. The number of carbonyl (C=O) groups is 2. The number of nitrogens with zero attached hydrogens (tertiary/aromatic N) is 3. The number of aromatic nitrogens is 1. The van der Waals surface area contributed by atoms with Gasteiger partial charge in [0.05, 0.1) is 11.3 Å². The number of carboxylic acids is 1. The van der Waals surface area contributed by atoms with Crippen molar-refractivity contribution in [2.75, 3.05) is 25.0 Å². The number of aliphatic imine (C=N–C) groups is 1. The minimum absolute atomic E-state index is 0.0223. The number of aliphatic carboxylic acids is 1. The maximum absolute atomic E-state index is 12.9. The van der Waals surface area contributed by atoms with Crippen LogP contribution in [0.15, 0.2) is 59.6 Å². The molecule has 2 aromatic carbocycles. The molecule has 1 aliphatic rings. The molecule has 0 saturated carbocycles. The molecule has 2 heterocycles. The molecule has 3 aromatic rings. The van der Waals surface area contributed by atoms with E-state index >= 15 is 0 Å². The molecule has 1 aromatic heterocycles. The van der Waals surface area contributed by atoms with Crippen LogP contribution in [0.3, 0.4) is 0 Å². The van der Waals surface area contributed by atoms with Crippen LogP contribution in [0.2, 0.25) is 0 Å². The van der Waals surface area contributed by atoms with Gasteiger partial charge in [-0.3, -0.25) is 9.78 Å². The lowest BCUT2D eigenvalue weighted by Crippen LogP contribution is -2.41. The van der Waals surface area contributed by atoms with E-state index in [9.17, 15) is 14.7 Å². The fraction of sp³-hybridized carbons (Fsp3) is 0.429.